The van der Waals surface area contributed by atoms with Gasteiger partial charge in [-0.2, -0.15) is 0 Å². The number of hydrogen-bond acceptors (Lipinski definition) is 3. The number of nitrogens with two attached hydrogens (primary N) is 1. The van der Waals surface area contributed by atoms with Crippen molar-refractivity contribution in [2.24, 2.45) is 5.73 Å². The van der Waals surface area contributed by atoms with Crippen molar-refractivity contribution in [2.75, 3.05) is 6.54 Å². The van der Waals surface area contributed by atoms with Crippen LogP contribution in [0.25, 0.3) is 0 Å². The fourth-order valence-electron chi connectivity index (χ4n) is 2.91. The third-order valence-corrected chi connectivity index (χ3v) is 4.11. The van der Waals surface area contributed by atoms with Crippen molar-refractivity contribution in [3.05, 3.63) is 35.9 Å². The average molecular weight is 276 g/mol. The molecule has 4 nitrogen and oxygen atoms in total. The number of likely N-dealkylation sites (tertiary alicyclic amines) is 1. The van der Waals surface area contributed by atoms with Crippen LogP contribution in [-0.2, 0) is 11.3 Å². The number of carbonyl (C=O) groups is 1. The normalized spacial score (nSPS) is 21.6. The Morgan fingerprint density at radius 2 is 2.10 bits per heavy atom. The van der Waals surface area contributed by atoms with Crippen molar-refractivity contribution in [3.8, 4) is 0 Å². The smallest absolute Gasteiger partial charge is 0.320 e. The molecule has 2 unspecified atom stereocenters. The number of rotatable bonds is 6. The van der Waals surface area contributed by atoms with E-state index in [1.165, 1.54) is 18.4 Å². The number of carboxylic acids is 1. The summed E-state index contributed by atoms with van der Waals surface area (Å²) >= 11 is 0. The van der Waals surface area contributed by atoms with Crippen LogP contribution >= 0.6 is 0 Å². The van der Waals surface area contributed by atoms with Gasteiger partial charge in [-0.1, -0.05) is 36.8 Å². The predicted octanol–water partition coefficient (Wildman–Crippen LogP) is 2.23. The lowest BCUT2D eigenvalue weighted by Gasteiger charge is -2.36. The number of aliphatic carboxylic acids is 1. The van der Waals surface area contributed by atoms with Crippen LogP contribution in [0.15, 0.2) is 30.3 Å². The van der Waals surface area contributed by atoms with E-state index in [0.717, 1.165) is 25.9 Å². The van der Waals surface area contributed by atoms with Crippen LogP contribution in [-0.4, -0.2) is 34.6 Å². The van der Waals surface area contributed by atoms with Gasteiger partial charge in [0, 0.05) is 12.6 Å². The average Bonchev–Trinajstić information content (AvgIpc) is 2.47. The van der Waals surface area contributed by atoms with Gasteiger partial charge in [-0.15, -0.1) is 0 Å². The second kappa shape index (κ2) is 7.41. The Kier molecular flexibility index (Phi) is 5.56. The third-order valence-electron chi connectivity index (χ3n) is 4.11. The third kappa shape index (κ3) is 4.32. The second-order valence-electron chi connectivity index (χ2n) is 5.63. The van der Waals surface area contributed by atoms with Gasteiger partial charge in [0.15, 0.2) is 0 Å². The zero-order chi connectivity index (χ0) is 14.4. The Labute approximate surface area is 120 Å². The van der Waals surface area contributed by atoms with Gasteiger partial charge in [-0.3, -0.25) is 9.69 Å². The standard InChI is InChI=1S/C16H24N2O2/c17-15(16(19)20)10-9-14-8-4-5-11-18(14)12-13-6-2-1-3-7-13/h1-3,6-7,14-15H,4-5,8-12,17H2,(H,19,20). The monoisotopic (exact) mass is 276 g/mol. The largest absolute Gasteiger partial charge is 0.480 e. The van der Waals surface area contributed by atoms with Gasteiger partial charge >= 0.3 is 5.97 Å². The predicted molar refractivity (Wildman–Crippen MR) is 79.3 cm³/mol. The minimum absolute atomic E-state index is 0.467. The Morgan fingerprint density at radius 1 is 1.35 bits per heavy atom. The number of carboxylic acid groups (broad SMARTS) is 1. The van der Waals surface area contributed by atoms with E-state index >= 15 is 0 Å². The molecular weight excluding hydrogens is 252 g/mol. The molecule has 3 N–H and O–H groups in total. The first-order valence-corrected chi connectivity index (χ1v) is 7.43. The molecule has 2 atom stereocenters. The molecule has 1 fully saturated rings. The van der Waals surface area contributed by atoms with E-state index in [2.05, 4.69) is 29.2 Å². The topological polar surface area (TPSA) is 66.6 Å². The molecular formula is C16H24N2O2. The first kappa shape index (κ1) is 15.0. The molecule has 1 aromatic rings. The molecule has 1 saturated heterocycles. The van der Waals surface area contributed by atoms with E-state index in [9.17, 15) is 4.79 Å². The molecule has 0 amide bonds. The lowest BCUT2D eigenvalue weighted by atomic mass is 9.95. The number of benzene rings is 1. The molecule has 4 heteroatoms. The summed E-state index contributed by atoms with van der Waals surface area (Å²) in [6.07, 6.45) is 5.05. The molecule has 20 heavy (non-hydrogen) atoms. The van der Waals surface area contributed by atoms with Gasteiger partial charge < -0.3 is 10.8 Å². The van der Waals surface area contributed by atoms with Gasteiger partial charge in [0.05, 0.1) is 0 Å². The summed E-state index contributed by atoms with van der Waals surface area (Å²) in [5.74, 6) is -0.893. The first-order valence-electron chi connectivity index (χ1n) is 7.43. The summed E-state index contributed by atoms with van der Waals surface area (Å²) in [7, 11) is 0. The highest BCUT2D eigenvalue weighted by Gasteiger charge is 2.24. The summed E-state index contributed by atoms with van der Waals surface area (Å²) < 4.78 is 0. The molecule has 0 saturated carbocycles. The molecule has 1 aromatic carbocycles. The van der Waals surface area contributed by atoms with Crippen LogP contribution in [0.5, 0.6) is 0 Å². The van der Waals surface area contributed by atoms with E-state index in [0.29, 0.717) is 12.5 Å². The van der Waals surface area contributed by atoms with Gasteiger partial charge in [-0.05, 0) is 37.8 Å². The lowest BCUT2D eigenvalue weighted by Crippen LogP contribution is -2.40. The van der Waals surface area contributed by atoms with E-state index in [1.807, 2.05) is 6.07 Å². The maximum Gasteiger partial charge on any atom is 0.320 e. The van der Waals surface area contributed by atoms with Crippen LogP contribution in [0.1, 0.15) is 37.7 Å². The Hall–Kier alpha value is -1.39. The van der Waals surface area contributed by atoms with Crippen LogP contribution in [0.4, 0.5) is 0 Å². The highest BCUT2D eigenvalue weighted by Crippen LogP contribution is 2.23. The van der Waals surface area contributed by atoms with Crippen molar-refractivity contribution < 1.29 is 9.90 Å². The molecule has 110 valence electrons. The number of hydrogen-bond donors (Lipinski definition) is 2. The molecule has 0 aromatic heterocycles. The SMILES string of the molecule is NC(CCC1CCCCN1Cc1ccccc1)C(=O)O. The quantitative estimate of drug-likeness (QED) is 0.836. The Morgan fingerprint density at radius 3 is 2.80 bits per heavy atom. The summed E-state index contributed by atoms with van der Waals surface area (Å²) in [6.45, 7) is 2.05. The maximum absolute atomic E-state index is 10.8. The lowest BCUT2D eigenvalue weighted by molar-refractivity contribution is -0.138. The molecule has 1 heterocycles. The van der Waals surface area contributed by atoms with E-state index in [4.69, 9.17) is 10.8 Å². The van der Waals surface area contributed by atoms with Crippen molar-refractivity contribution >= 4 is 5.97 Å². The molecule has 0 aliphatic carbocycles. The zero-order valence-electron chi connectivity index (χ0n) is 11.9. The van der Waals surface area contributed by atoms with E-state index in [1.54, 1.807) is 0 Å². The highest BCUT2D eigenvalue weighted by molar-refractivity contribution is 5.72. The summed E-state index contributed by atoms with van der Waals surface area (Å²) in [5.41, 5.74) is 6.93. The Bertz CT molecular complexity index is 422. The van der Waals surface area contributed by atoms with Crippen molar-refractivity contribution in [3.63, 3.8) is 0 Å². The van der Waals surface area contributed by atoms with Gasteiger partial charge in [0.1, 0.15) is 6.04 Å². The molecule has 0 bridgehead atoms. The maximum atomic E-state index is 10.8. The van der Waals surface area contributed by atoms with Crippen molar-refractivity contribution in [1.29, 1.82) is 0 Å². The molecule has 0 radical (unpaired) electrons. The number of nitrogens with zero attached hydrogens (tertiary/aromatic N) is 1. The molecule has 1 aliphatic heterocycles. The molecule has 1 aliphatic rings. The number of piperidine rings is 1. The minimum atomic E-state index is -0.893. The summed E-state index contributed by atoms with van der Waals surface area (Å²) in [5, 5.41) is 8.87. The van der Waals surface area contributed by atoms with Crippen LogP contribution in [0.2, 0.25) is 0 Å². The fourth-order valence-corrected chi connectivity index (χ4v) is 2.91. The summed E-state index contributed by atoms with van der Waals surface area (Å²) in [6, 6.07) is 10.2. The van der Waals surface area contributed by atoms with Gasteiger partial charge in [0.2, 0.25) is 0 Å². The minimum Gasteiger partial charge on any atom is -0.480 e. The van der Waals surface area contributed by atoms with Crippen LogP contribution in [0, 0.1) is 0 Å². The molecule has 0 spiro atoms. The Balaban J connectivity index is 1.90. The first-order chi connectivity index (χ1) is 9.66. The van der Waals surface area contributed by atoms with Gasteiger partial charge in [0.25, 0.3) is 0 Å². The molecule has 2 rings (SSSR count). The van der Waals surface area contributed by atoms with Crippen molar-refractivity contribution in [2.45, 2.75) is 50.7 Å². The zero-order valence-corrected chi connectivity index (χ0v) is 11.9. The van der Waals surface area contributed by atoms with E-state index in [-0.39, 0.29) is 0 Å². The second-order valence-corrected chi connectivity index (χ2v) is 5.63. The van der Waals surface area contributed by atoms with Crippen molar-refractivity contribution in [1.82, 2.24) is 4.90 Å². The van der Waals surface area contributed by atoms with Crippen LogP contribution in [0.3, 0.4) is 0 Å². The van der Waals surface area contributed by atoms with Gasteiger partial charge in [-0.25, -0.2) is 0 Å². The van der Waals surface area contributed by atoms with Crippen LogP contribution < -0.4 is 5.73 Å². The summed E-state index contributed by atoms with van der Waals surface area (Å²) in [4.78, 5) is 13.3. The highest BCUT2D eigenvalue weighted by atomic mass is 16.4. The fraction of sp³-hybridized carbons (Fsp3) is 0.562. The van der Waals surface area contributed by atoms with E-state index < -0.39 is 12.0 Å².